The average Bonchev–Trinajstić information content (AvgIpc) is 3.20. The van der Waals surface area contributed by atoms with Gasteiger partial charge in [-0.05, 0) is 19.2 Å². The first-order valence-electron chi connectivity index (χ1n) is 6.24. The highest BCUT2D eigenvalue weighted by atomic mass is 32.2. The molecule has 92 valence electrons. The molecule has 3 heteroatoms. The number of pyridine rings is 1. The van der Waals surface area contributed by atoms with E-state index >= 15 is 0 Å². The molecule has 3 rings (SSSR count). The van der Waals surface area contributed by atoms with Gasteiger partial charge in [0.15, 0.2) is 18.0 Å². The quantitative estimate of drug-likeness (QED) is 0.478. The smallest absolute Gasteiger partial charge is 0.247 e. The number of hydrogen-bond donors (Lipinski definition) is 0. The van der Waals surface area contributed by atoms with Crippen LogP contribution in [-0.4, -0.2) is 12.0 Å². The topological polar surface area (TPSA) is 20.9 Å². The highest BCUT2D eigenvalue weighted by Crippen LogP contribution is 2.34. The van der Waals surface area contributed by atoms with Crippen LogP contribution in [0.4, 0.5) is 0 Å². The van der Waals surface area contributed by atoms with Crippen molar-refractivity contribution in [3.8, 4) is 0 Å². The molecule has 0 bridgehead atoms. The molecule has 0 radical (unpaired) electrons. The van der Waals surface area contributed by atoms with Crippen LogP contribution in [0.1, 0.15) is 36.2 Å². The van der Waals surface area contributed by atoms with Crippen LogP contribution in [0.25, 0.3) is 10.8 Å². The summed E-state index contributed by atoms with van der Waals surface area (Å²) in [5.41, 5.74) is 0.843. The molecule has 0 amide bonds. The molecule has 0 unspecified atom stereocenters. The second-order valence-electron chi connectivity index (χ2n) is 4.79. The molecule has 1 aromatic heterocycles. The second-order valence-corrected chi connectivity index (χ2v) is 5.59. The van der Waals surface area contributed by atoms with Crippen LogP contribution in [-0.2, 0) is 0 Å². The molecular formula is C15H16NOS+. The summed E-state index contributed by atoms with van der Waals surface area (Å²) in [7, 11) is 0. The number of thioether (sulfide) groups is 1. The third-order valence-corrected chi connectivity index (χ3v) is 4.28. The molecule has 0 saturated heterocycles. The number of hydrogen-bond acceptors (Lipinski definition) is 2. The molecule has 18 heavy (non-hydrogen) atoms. The first-order valence-corrected chi connectivity index (χ1v) is 7.46. The van der Waals surface area contributed by atoms with Crippen molar-refractivity contribution in [2.24, 2.45) is 0 Å². The summed E-state index contributed by atoms with van der Waals surface area (Å²) in [6.07, 6.45) is 6.62. The van der Waals surface area contributed by atoms with E-state index in [1.165, 1.54) is 23.3 Å². The van der Waals surface area contributed by atoms with Crippen molar-refractivity contribution in [3.63, 3.8) is 0 Å². The fraction of sp³-hybridized carbons (Fsp3) is 0.333. The van der Waals surface area contributed by atoms with E-state index in [1.54, 1.807) is 18.7 Å². The highest BCUT2D eigenvalue weighted by Gasteiger charge is 2.35. The van der Waals surface area contributed by atoms with E-state index in [9.17, 15) is 4.79 Å². The predicted octanol–water partition coefficient (Wildman–Crippen LogP) is 3.39. The van der Waals surface area contributed by atoms with E-state index in [-0.39, 0.29) is 5.78 Å². The van der Waals surface area contributed by atoms with Crippen molar-refractivity contribution in [2.45, 2.75) is 30.8 Å². The summed E-state index contributed by atoms with van der Waals surface area (Å²) >= 11 is 1.77. The number of carbonyl (C=O) groups excluding carboxylic acids is 1. The van der Waals surface area contributed by atoms with Crippen molar-refractivity contribution in [1.82, 2.24) is 0 Å². The predicted molar refractivity (Wildman–Crippen MR) is 74.2 cm³/mol. The van der Waals surface area contributed by atoms with Crippen LogP contribution in [0, 0.1) is 0 Å². The van der Waals surface area contributed by atoms with Gasteiger partial charge in [-0.25, -0.2) is 0 Å². The standard InChI is InChI=1S/C15H16NOS/c1-10(17)14-9-16(11-7-8-11)15(18-2)13-6-4-3-5-12(13)14/h3-6,9,11H,7-8H2,1-2H3/q+1. The monoisotopic (exact) mass is 258 g/mol. The number of fused-ring (bicyclic) bond motifs is 1. The number of Topliss-reactive ketones (excluding diaryl/α,β-unsaturated/α-hetero) is 1. The molecule has 0 spiro atoms. The largest absolute Gasteiger partial charge is 0.294 e. The van der Waals surface area contributed by atoms with E-state index < -0.39 is 0 Å². The Morgan fingerprint density at radius 2 is 1.94 bits per heavy atom. The summed E-state index contributed by atoms with van der Waals surface area (Å²) in [5.74, 6) is 0.147. The van der Waals surface area contributed by atoms with E-state index in [1.807, 2.05) is 24.4 Å². The molecule has 2 aromatic rings. The van der Waals surface area contributed by atoms with Gasteiger partial charge in [0.05, 0.1) is 10.9 Å². The maximum absolute atomic E-state index is 11.8. The Morgan fingerprint density at radius 3 is 2.50 bits per heavy atom. The molecule has 1 aliphatic rings. The van der Waals surface area contributed by atoms with Crippen molar-refractivity contribution < 1.29 is 9.36 Å². The number of rotatable bonds is 3. The lowest BCUT2D eigenvalue weighted by atomic mass is 10.1. The van der Waals surface area contributed by atoms with Gasteiger partial charge in [0.25, 0.3) is 0 Å². The van der Waals surface area contributed by atoms with Gasteiger partial charge in [-0.15, -0.1) is 0 Å². The maximum atomic E-state index is 11.8. The molecule has 2 nitrogen and oxygen atoms in total. The molecule has 1 fully saturated rings. The van der Waals surface area contributed by atoms with Gasteiger partial charge >= 0.3 is 0 Å². The third kappa shape index (κ3) is 1.83. The van der Waals surface area contributed by atoms with Crippen LogP contribution in [0.5, 0.6) is 0 Å². The van der Waals surface area contributed by atoms with Crippen molar-refractivity contribution in [3.05, 3.63) is 36.0 Å². The Kier molecular flexibility index (Phi) is 2.86. The Morgan fingerprint density at radius 1 is 1.28 bits per heavy atom. The molecular weight excluding hydrogens is 242 g/mol. The van der Waals surface area contributed by atoms with Crippen LogP contribution in [0.15, 0.2) is 35.5 Å². The fourth-order valence-corrected chi connectivity index (χ4v) is 3.24. The SMILES string of the molecule is CSc1c2ccccc2c(C(C)=O)c[n+]1C1CC1. The van der Waals surface area contributed by atoms with E-state index in [4.69, 9.17) is 0 Å². The fourth-order valence-electron chi connectivity index (χ4n) is 2.43. The van der Waals surface area contributed by atoms with Crippen molar-refractivity contribution in [1.29, 1.82) is 0 Å². The molecule has 0 atom stereocenters. The number of ketones is 1. The van der Waals surface area contributed by atoms with Crippen molar-refractivity contribution >= 4 is 28.3 Å². The van der Waals surface area contributed by atoms with Crippen LogP contribution < -0.4 is 4.57 Å². The molecule has 1 aliphatic carbocycles. The zero-order valence-electron chi connectivity index (χ0n) is 10.6. The molecule has 0 N–H and O–H groups in total. The number of carbonyl (C=O) groups is 1. The summed E-state index contributed by atoms with van der Waals surface area (Å²) in [6.45, 7) is 1.65. The average molecular weight is 258 g/mol. The second kappa shape index (κ2) is 4.39. The van der Waals surface area contributed by atoms with Gasteiger partial charge in [-0.2, -0.15) is 4.57 Å². The minimum absolute atomic E-state index is 0.147. The van der Waals surface area contributed by atoms with Crippen LogP contribution in [0.2, 0.25) is 0 Å². The number of nitrogens with zero attached hydrogens (tertiary/aromatic N) is 1. The lowest BCUT2D eigenvalue weighted by Gasteiger charge is -2.08. The Hall–Kier alpha value is -1.35. The number of aromatic nitrogens is 1. The molecule has 0 aliphatic heterocycles. The lowest BCUT2D eigenvalue weighted by Crippen LogP contribution is -2.36. The first-order chi connectivity index (χ1) is 8.72. The van der Waals surface area contributed by atoms with Gasteiger partial charge < -0.3 is 0 Å². The molecule has 1 saturated carbocycles. The van der Waals surface area contributed by atoms with Gasteiger partial charge in [0.2, 0.25) is 5.03 Å². The Balaban J connectivity index is 2.38. The summed E-state index contributed by atoms with van der Waals surface area (Å²) in [5, 5.41) is 3.55. The van der Waals surface area contributed by atoms with E-state index in [0.29, 0.717) is 6.04 Å². The van der Waals surface area contributed by atoms with Gasteiger partial charge in [0, 0.05) is 18.2 Å². The summed E-state index contributed by atoms with van der Waals surface area (Å²) in [6, 6.07) is 8.80. The zero-order chi connectivity index (χ0) is 12.7. The molecule has 1 aromatic carbocycles. The maximum Gasteiger partial charge on any atom is 0.247 e. The van der Waals surface area contributed by atoms with Crippen molar-refractivity contribution in [2.75, 3.05) is 6.26 Å². The minimum Gasteiger partial charge on any atom is -0.294 e. The van der Waals surface area contributed by atoms with Crippen LogP contribution >= 0.6 is 11.8 Å². The van der Waals surface area contributed by atoms with Crippen LogP contribution in [0.3, 0.4) is 0 Å². The summed E-state index contributed by atoms with van der Waals surface area (Å²) < 4.78 is 2.30. The normalized spacial score (nSPS) is 15.0. The van der Waals surface area contributed by atoms with E-state index in [2.05, 4.69) is 16.9 Å². The van der Waals surface area contributed by atoms with Gasteiger partial charge in [-0.1, -0.05) is 30.0 Å². The van der Waals surface area contributed by atoms with Gasteiger partial charge in [-0.3, -0.25) is 4.79 Å². The first kappa shape index (κ1) is 11.7. The summed E-state index contributed by atoms with van der Waals surface area (Å²) in [4.78, 5) is 11.8. The lowest BCUT2D eigenvalue weighted by molar-refractivity contribution is -0.734. The Labute approximate surface area is 111 Å². The third-order valence-electron chi connectivity index (χ3n) is 3.46. The number of benzene rings is 1. The highest BCUT2D eigenvalue weighted by molar-refractivity contribution is 7.98. The Bertz CT molecular complexity index is 632. The van der Waals surface area contributed by atoms with E-state index in [0.717, 1.165) is 10.9 Å². The zero-order valence-corrected chi connectivity index (χ0v) is 11.5. The minimum atomic E-state index is 0.147. The molecule has 1 heterocycles. The van der Waals surface area contributed by atoms with Gasteiger partial charge in [0.1, 0.15) is 0 Å².